The molecule has 1 aliphatic rings. The van der Waals surface area contributed by atoms with Crippen LogP contribution in [-0.4, -0.2) is 36.9 Å². The zero-order valence-electron chi connectivity index (χ0n) is 12.4. The summed E-state index contributed by atoms with van der Waals surface area (Å²) < 4.78 is 5.06. The van der Waals surface area contributed by atoms with Crippen LogP contribution < -0.4 is 15.8 Å². The van der Waals surface area contributed by atoms with Gasteiger partial charge in [0.2, 0.25) is 11.8 Å². The number of piperidine rings is 1. The summed E-state index contributed by atoms with van der Waals surface area (Å²) in [5.41, 5.74) is 6.81. The summed E-state index contributed by atoms with van der Waals surface area (Å²) >= 11 is 0. The normalized spacial score (nSPS) is 18.5. The molecule has 0 aliphatic carbocycles. The molecule has 3 N–H and O–H groups in total. The first-order valence-electron chi connectivity index (χ1n) is 7.03. The van der Waals surface area contributed by atoms with Gasteiger partial charge in [-0.25, -0.2) is 0 Å². The van der Waals surface area contributed by atoms with Crippen molar-refractivity contribution in [2.45, 2.75) is 19.8 Å². The molecule has 1 aliphatic heterocycles. The topological polar surface area (TPSA) is 84.7 Å². The summed E-state index contributed by atoms with van der Waals surface area (Å²) in [4.78, 5) is 25.6. The Hall–Kier alpha value is -2.24. The third kappa shape index (κ3) is 3.65. The molecule has 1 saturated heterocycles. The minimum atomic E-state index is -0.241. The summed E-state index contributed by atoms with van der Waals surface area (Å²) in [5.74, 6) is 0.427. The highest BCUT2D eigenvalue weighted by Gasteiger charge is 2.26. The number of carbonyl (C=O) groups excluding carboxylic acids is 2. The molecule has 2 rings (SSSR count). The van der Waals surface area contributed by atoms with Crippen molar-refractivity contribution < 1.29 is 14.3 Å². The van der Waals surface area contributed by atoms with E-state index in [0.717, 1.165) is 12.8 Å². The first kappa shape index (κ1) is 15.2. The van der Waals surface area contributed by atoms with Crippen LogP contribution in [0.3, 0.4) is 0 Å². The number of carbonyl (C=O) groups is 2. The summed E-state index contributed by atoms with van der Waals surface area (Å²) in [7, 11) is 1.55. The van der Waals surface area contributed by atoms with Crippen molar-refractivity contribution in [3.63, 3.8) is 0 Å². The number of nitrogens with zero attached hydrogens (tertiary/aromatic N) is 1. The van der Waals surface area contributed by atoms with Crippen LogP contribution in [0.15, 0.2) is 18.2 Å². The maximum absolute atomic E-state index is 12.0. The molecule has 1 aromatic rings. The third-order valence-electron chi connectivity index (χ3n) is 3.67. The van der Waals surface area contributed by atoms with Crippen LogP contribution in [-0.2, 0) is 9.59 Å². The molecule has 0 spiro atoms. The molecular weight excluding hydrogens is 270 g/mol. The van der Waals surface area contributed by atoms with E-state index >= 15 is 0 Å². The number of rotatable bonds is 4. The average molecular weight is 291 g/mol. The van der Waals surface area contributed by atoms with Crippen molar-refractivity contribution in [2.75, 3.05) is 31.2 Å². The van der Waals surface area contributed by atoms with E-state index in [-0.39, 0.29) is 24.3 Å². The first-order chi connectivity index (χ1) is 10.0. The molecule has 6 heteroatoms. The highest BCUT2D eigenvalue weighted by atomic mass is 16.5. The van der Waals surface area contributed by atoms with Gasteiger partial charge in [-0.3, -0.25) is 9.59 Å². The van der Waals surface area contributed by atoms with Gasteiger partial charge in [-0.15, -0.1) is 0 Å². The standard InChI is InChI=1S/C15H21N3O3/c1-10-4-3-7-18(15(10)20)9-14(19)17-13-6-5-11(21-2)8-12(13)16/h5-6,8,10H,3-4,7,9,16H2,1-2H3,(H,17,19). The van der Waals surface area contributed by atoms with Gasteiger partial charge in [-0.2, -0.15) is 0 Å². The van der Waals surface area contributed by atoms with Gasteiger partial charge in [-0.05, 0) is 25.0 Å². The molecule has 0 bridgehead atoms. The molecule has 1 fully saturated rings. The quantitative estimate of drug-likeness (QED) is 0.823. The maximum Gasteiger partial charge on any atom is 0.244 e. The van der Waals surface area contributed by atoms with Crippen LogP contribution in [0.4, 0.5) is 11.4 Å². The van der Waals surface area contributed by atoms with Crippen LogP contribution in [0.2, 0.25) is 0 Å². The highest BCUT2D eigenvalue weighted by Crippen LogP contribution is 2.24. The largest absolute Gasteiger partial charge is 0.497 e. The molecule has 1 atom stereocenters. The third-order valence-corrected chi connectivity index (χ3v) is 3.67. The van der Waals surface area contributed by atoms with Gasteiger partial charge in [0.05, 0.1) is 25.0 Å². The van der Waals surface area contributed by atoms with Gasteiger partial charge in [0.1, 0.15) is 5.75 Å². The van der Waals surface area contributed by atoms with Crippen LogP contribution in [0.1, 0.15) is 19.8 Å². The molecule has 6 nitrogen and oxygen atoms in total. The Morgan fingerprint density at radius 3 is 2.95 bits per heavy atom. The number of benzene rings is 1. The average Bonchev–Trinajstić information content (AvgIpc) is 2.46. The maximum atomic E-state index is 12.0. The fourth-order valence-electron chi connectivity index (χ4n) is 2.44. The van der Waals surface area contributed by atoms with Crippen molar-refractivity contribution in [3.05, 3.63) is 18.2 Å². The molecule has 114 valence electrons. The second-order valence-corrected chi connectivity index (χ2v) is 5.30. The monoisotopic (exact) mass is 291 g/mol. The number of methoxy groups -OCH3 is 1. The predicted octanol–water partition coefficient (Wildman–Crippen LogP) is 1.47. The Morgan fingerprint density at radius 1 is 1.52 bits per heavy atom. The predicted molar refractivity (Wildman–Crippen MR) is 81.0 cm³/mol. The second kappa shape index (κ2) is 6.47. The number of amides is 2. The highest BCUT2D eigenvalue weighted by molar-refractivity contribution is 5.97. The second-order valence-electron chi connectivity index (χ2n) is 5.30. The Kier molecular flexibility index (Phi) is 4.67. The number of nitrogens with one attached hydrogen (secondary N) is 1. The lowest BCUT2D eigenvalue weighted by Crippen LogP contribution is -2.44. The number of hydrogen-bond donors (Lipinski definition) is 2. The molecule has 1 heterocycles. The van der Waals surface area contributed by atoms with Crippen molar-refractivity contribution >= 4 is 23.2 Å². The van der Waals surface area contributed by atoms with Crippen molar-refractivity contribution in [3.8, 4) is 5.75 Å². The van der Waals surface area contributed by atoms with Gasteiger partial charge in [-0.1, -0.05) is 6.92 Å². The van der Waals surface area contributed by atoms with Crippen LogP contribution in [0.25, 0.3) is 0 Å². The lowest BCUT2D eigenvalue weighted by Gasteiger charge is -2.30. The number of ether oxygens (including phenoxy) is 1. The molecule has 0 aromatic heterocycles. The zero-order valence-corrected chi connectivity index (χ0v) is 12.4. The molecule has 0 saturated carbocycles. The van der Waals surface area contributed by atoms with E-state index in [4.69, 9.17) is 10.5 Å². The smallest absolute Gasteiger partial charge is 0.244 e. The lowest BCUT2D eigenvalue weighted by atomic mass is 9.99. The summed E-state index contributed by atoms with van der Waals surface area (Å²) in [6, 6.07) is 5.05. The summed E-state index contributed by atoms with van der Waals surface area (Å²) in [6.07, 6.45) is 1.83. The molecule has 1 aromatic carbocycles. The first-order valence-corrected chi connectivity index (χ1v) is 7.03. The van der Waals surface area contributed by atoms with Crippen LogP contribution >= 0.6 is 0 Å². The Morgan fingerprint density at radius 2 is 2.29 bits per heavy atom. The van der Waals surface area contributed by atoms with Gasteiger partial charge >= 0.3 is 0 Å². The fraction of sp³-hybridized carbons (Fsp3) is 0.467. The summed E-state index contributed by atoms with van der Waals surface area (Å²) in [6.45, 7) is 2.59. The molecule has 1 unspecified atom stereocenters. The van der Waals surface area contributed by atoms with E-state index < -0.39 is 0 Å². The minimum Gasteiger partial charge on any atom is -0.497 e. The molecule has 21 heavy (non-hydrogen) atoms. The van der Waals surface area contributed by atoms with E-state index in [1.165, 1.54) is 0 Å². The zero-order chi connectivity index (χ0) is 15.4. The number of likely N-dealkylation sites (tertiary alicyclic amines) is 1. The van der Waals surface area contributed by atoms with Crippen LogP contribution in [0, 0.1) is 5.92 Å². The number of anilines is 2. The van der Waals surface area contributed by atoms with Gasteiger partial charge in [0.15, 0.2) is 0 Å². The fourth-order valence-corrected chi connectivity index (χ4v) is 2.44. The molecule has 0 radical (unpaired) electrons. The Labute approximate surface area is 124 Å². The number of hydrogen-bond acceptors (Lipinski definition) is 4. The van der Waals surface area contributed by atoms with Crippen molar-refractivity contribution in [1.29, 1.82) is 0 Å². The van der Waals surface area contributed by atoms with Crippen LogP contribution in [0.5, 0.6) is 5.75 Å². The lowest BCUT2D eigenvalue weighted by molar-refractivity contribution is -0.140. The minimum absolute atomic E-state index is 0.00222. The van der Waals surface area contributed by atoms with Gasteiger partial charge < -0.3 is 20.7 Å². The van der Waals surface area contributed by atoms with E-state index in [1.807, 2.05) is 6.92 Å². The molecule has 2 amide bonds. The SMILES string of the molecule is COc1ccc(NC(=O)CN2CCCC(C)C2=O)c(N)c1. The molecular formula is C15H21N3O3. The Balaban J connectivity index is 1.97. The van der Waals surface area contributed by atoms with E-state index in [1.54, 1.807) is 30.2 Å². The van der Waals surface area contributed by atoms with Gasteiger partial charge in [0.25, 0.3) is 0 Å². The van der Waals surface area contributed by atoms with Crippen molar-refractivity contribution in [2.24, 2.45) is 5.92 Å². The number of nitrogen functional groups attached to an aromatic ring is 1. The van der Waals surface area contributed by atoms with E-state index in [9.17, 15) is 9.59 Å². The summed E-state index contributed by atoms with van der Waals surface area (Å²) in [5, 5.41) is 2.73. The number of nitrogens with two attached hydrogens (primary N) is 1. The Bertz CT molecular complexity index is 545. The van der Waals surface area contributed by atoms with E-state index in [2.05, 4.69) is 5.32 Å². The van der Waals surface area contributed by atoms with E-state index in [0.29, 0.717) is 23.7 Å². The van der Waals surface area contributed by atoms with Gasteiger partial charge in [0, 0.05) is 18.5 Å². The van der Waals surface area contributed by atoms with Crippen molar-refractivity contribution in [1.82, 2.24) is 4.90 Å².